The Balaban J connectivity index is 2.14. The fourth-order valence-corrected chi connectivity index (χ4v) is 2.25. The van der Waals surface area contributed by atoms with Crippen LogP contribution in [-0.2, 0) is 9.53 Å². The Kier molecular flexibility index (Phi) is 5.30. The van der Waals surface area contributed by atoms with Gasteiger partial charge in [-0.05, 0) is 41.8 Å². The van der Waals surface area contributed by atoms with Crippen LogP contribution in [0.3, 0.4) is 0 Å². The maximum absolute atomic E-state index is 12.4. The van der Waals surface area contributed by atoms with Crippen molar-refractivity contribution in [2.24, 2.45) is 5.16 Å². The highest BCUT2D eigenvalue weighted by Gasteiger charge is 2.16. The van der Waals surface area contributed by atoms with Crippen LogP contribution in [0, 0.1) is 0 Å². The predicted molar refractivity (Wildman–Crippen MR) is 85.0 cm³/mol. The summed E-state index contributed by atoms with van der Waals surface area (Å²) in [7, 11) is 1.29. The quantitative estimate of drug-likeness (QED) is 0.281. The first-order valence-electron chi connectivity index (χ1n) is 7.10. The number of aromatic hydroxyl groups is 1. The molecule has 0 saturated carbocycles. The van der Waals surface area contributed by atoms with Gasteiger partial charge < -0.3 is 15.1 Å². The van der Waals surface area contributed by atoms with Crippen molar-refractivity contribution >= 4 is 28.2 Å². The largest absolute Gasteiger partial charge is 0.508 e. The molecule has 2 N–H and O–H groups in total. The molecular formula is C17H17NO5. The molecular weight excluding hydrogens is 298 g/mol. The Morgan fingerprint density at radius 3 is 2.48 bits per heavy atom. The molecule has 0 fully saturated rings. The lowest BCUT2D eigenvalue weighted by atomic mass is 9.99. The molecule has 0 radical (unpaired) electrons. The zero-order valence-electron chi connectivity index (χ0n) is 12.7. The average molecular weight is 315 g/mol. The van der Waals surface area contributed by atoms with Crippen molar-refractivity contribution in [3.05, 3.63) is 42.0 Å². The van der Waals surface area contributed by atoms with Gasteiger partial charge in [-0.1, -0.05) is 23.4 Å². The molecule has 6 nitrogen and oxygen atoms in total. The van der Waals surface area contributed by atoms with Crippen molar-refractivity contribution in [3.8, 4) is 5.75 Å². The van der Waals surface area contributed by atoms with E-state index in [2.05, 4.69) is 9.89 Å². The Bertz CT molecular complexity index is 767. The van der Waals surface area contributed by atoms with Crippen LogP contribution in [0.1, 0.15) is 29.6 Å². The number of Topliss-reactive ketones (excluding diaryl/α,β-unsaturated/α-hetero) is 1. The van der Waals surface area contributed by atoms with Gasteiger partial charge in [0, 0.05) is 12.0 Å². The van der Waals surface area contributed by atoms with Gasteiger partial charge in [0.2, 0.25) is 5.78 Å². The van der Waals surface area contributed by atoms with E-state index in [0.29, 0.717) is 12.0 Å². The van der Waals surface area contributed by atoms with Gasteiger partial charge in [-0.15, -0.1) is 0 Å². The number of benzene rings is 2. The number of ketones is 1. The molecule has 23 heavy (non-hydrogen) atoms. The minimum atomic E-state index is -0.396. The minimum Gasteiger partial charge on any atom is -0.508 e. The van der Waals surface area contributed by atoms with Gasteiger partial charge in [0.15, 0.2) is 0 Å². The molecule has 0 atom stereocenters. The summed E-state index contributed by atoms with van der Waals surface area (Å²) in [5, 5.41) is 23.1. The number of fused-ring (bicyclic) bond motifs is 1. The summed E-state index contributed by atoms with van der Waals surface area (Å²) in [6.07, 6.45) is 0.692. The standard InChI is InChI=1S/C17H17NO5/c1-23-16(20)4-2-3-15(18-22)17(21)13-6-5-12-10-14(19)8-7-11(12)9-13/h5-10,19,22H,2-4H2,1H3/b18-15+. The number of carbonyl (C=O) groups excluding carboxylic acids is 2. The molecule has 0 spiro atoms. The number of nitrogens with zero attached hydrogens (tertiary/aromatic N) is 1. The van der Waals surface area contributed by atoms with Gasteiger partial charge >= 0.3 is 5.97 Å². The smallest absolute Gasteiger partial charge is 0.305 e. The van der Waals surface area contributed by atoms with E-state index >= 15 is 0 Å². The first kappa shape index (κ1) is 16.5. The highest BCUT2D eigenvalue weighted by molar-refractivity contribution is 6.46. The van der Waals surface area contributed by atoms with Gasteiger partial charge in [0.25, 0.3) is 0 Å². The van der Waals surface area contributed by atoms with Crippen molar-refractivity contribution < 1.29 is 24.6 Å². The number of carbonyl (C=O) groups is 2. The fraction of sp³-hybridized carbons (Fsp3) is 0.235. The monoisotopic (exact) mass is 315 g/mol. The van der Waals surface area contributed by atoms with E-state index < -0.39 is 5.78 Å². The van der Waals surface area contributed by atoms with Crippen molar-refractivity contribution in [1.29, 1.82) is 0 Å². The second-order valence-corrected chi connectivity index (χ2v) is 5.05. The van der Waals surface area contributed by atoms with Crippen LogP contribution in [-0.4, -0.2) is 34.9 Å². The van der Waals surface area contributed by atoms with Crippen LogP contribution < -0.4 is 0 Å². The number of phenols is 1. The van der Waals surface area contributed by atoms with Gasteiger partial charge in [-0.2, -0.15) is 0 Å². The topological polar surface area (TPSA) is 96.2 Å². The zero-order chi connectivity index (χ0) is 16.8. The van der Waals surface area contributed by atoms with Crippen LogP contribution in [0.5, 0.6) is 5.75 Å². The SMILES string of the molecule is COC(=O)CCC/C(=N\O)C(=O)c1ccc2cc(O)ccc2c1. The molecule has 6 heteroatoms. The third-order valence-corrected chi connectivity index (χ3v) is 3.49. The summed E-state index contributed by atoms with van der Waals surface area (Å²) in [5.74, 6) is -0.621. The third-order valence-electron chi connectivity index (χ3n) is 3.49. The van der Waals surface area contributed by atoms with E-state index in [1.807, 2.05) is 0 Å². The number of phenolic OH excluding ortho intramolecular Hbond substituents is 1. The van der Waals surface area contributed by atoms with E-state index in [4.69, 9.17) is 5.21 Å². The summed E-state index contributed by atoms with van der Waals surface area (Å²) in [6.45, 7) is 0. The van der Waals surface area contributed by atoms with Crippen molar-refractivity contribution in [3.63, 3.8) is 0 Å². The Labute approximate surface area is 133 Å². The Hall–Kier alpha value is -2.89. The first-order chi connectivity index (χ1) is 11.0. The lowest BCUT2D eigenvalue weighted by Crippen LogP contribution is -2.15. The number of oxime groups is 1. The summed E-state index contributed by atoms with van der Waals surface area (Å²) in [6, 6.07) is 9.83. The van der Waals surface area contributed by atoms with Gasteiger partial charge in [-0.3, -0.25) is 9.59 Å². The van der Waals surface area contributed by atoms with E-state index in [9.17, 15) is 14.7 Å². The van der Waals surface area contributed by atoms with E-state index in [-0.39, 0.29) is 30.3 Å². The minimum absolute atomic E-state index is 0.00738. The number of rotatable bonds is 6. The molecule has 0 aromatic heterocycles. The number of esters is 1. The summed E-state index contributed by atoms with van der Waals surface area (Å²) < 4.78 is 4.52. The van der Waals surface area contributed by atoms with Crippen molar-refractivity contribution in [2.75, 3.05) is 7.11 Å². The molecule has 2 aromatic carbocycles. The highest BCUT2D eigenvalue weighted by atomic mass is 16.5. The fourth-order valence-electron chi connectivity index (χ4n) is 2.25. The predicted octanol–water partition coefficient (Wildman–Crippen LogP) is 2.90. The zero-order valence-corrected chi connectivity index (χ0v) is 12.7. The summed E-state index contributed by atoms with van der Waals surface area (Å²) in [5.41, 5.74) is 0.376. The van der Waals surface area contributed by atoms with Crippen LogP contribution >= 0.6 is 0 Å². The normalized spacial score (nSPS) is 11.4. The number of hydrogen-bond donors (Lipinski definition) is 2. The summed E-state index contributed by atoms with van der Waals surface area (Å²) >= 11 is 0. The van der Waals surface area contributed by atoms with Crippen LogP contribution in [0.25, 0.3) is 10.8 Å². The second-order valence-electron chi connectivity index (χ2n) is 5.05. The number of hydrogen-bond acceptors (Lipinski definition) is 6. The van der Waals surface area contributed by atoms with Crippen LogP contribution in [0.2, 0.25) is 0 Å². The molecule has 0 amide bonds. The maximum atomic E-state index is 12.4. The lowest BCUT2D eigenvalue weighted by molar-refractivity contribution is -0.140. The van der Waals surface area contributed by atoms with Crippen LogP contribution in [0.4, 0.5) is 0 Å². The number of methoxy groups -OCH3 is 1. The molecule has 0 bridgehead atoms. The number of ether oxygens (including phenoxy) is 1. The molecule has 2 aromatic rings. The molecule has 0 unspecified atom stereocenters. The molecule has 2 rings (SSSR count). The van der Waals surface area contributed by atoms with E-state index in [1.54, 1.807) is 30.3 Å². The average Bonchev–Trinajstić information content (AvgIpc) is 2.57. The van der Waals surface area contributed by atoms with Gasteiger partial charge in [0.05, 0.1) is 7.11 Å². The molecule has 0 aliphatic carbocycles. The van der Waals surface area contributed by atoms with E-state index in [1.165, 1.54) is 13.2 Å². The second kappa shape index (κ2) is 7.40. The maximum Gasteiger partial charge on any atom is 0.305 e. The van der Waals surface area contributed by atoms with Crippen molar-refractivity contribution in [1.82, 2.24) is 0 Å². The van der Waals surface area contributed by atoms with Gasteiger partial charge in [0.1, 0.15) is 11.5 Å². The molecule has 120 valence electrons. The van der Waals surface area contributed by atoms with E-state index in [0.717, 1.165) is 10.8 Å². The Morgan fingerprint density at radius 2 is 1.78 bits per heavy atom. The van der Waals surface area contributed by atoms with Crippen LogP contribution in [0.15, 0.2) is 41.6 Å². The molecule has 0 heterocycles. The molecule has 0 saturated heterocycles. The van der Waals surface area contributed by atoms with Crippen molar-refractivity contribution in [2.45, 2.75) is 19.3 Å². The summed E-state index contributed by atoms with van der Waals surface area (Å²) in [4.78, 5) is 23.4. The first-order valence-corrected chi connectivity index (χ1v) is 7.10. The Morgan fingerprint density at radius 1 is 1.09 bits per heavy atom. The van der Waals surface area contributed by atoms with Gasteiger partial charge in [-0.25, -0.2) is 0 Å². The molecule has 0 aliphatic rings. The third kappa shape index (κ3) is 4.06. The lowest BCUT2D eigenvalue weighted by Gasteiger charge is -2.06. The molecule has 0 aliphatic heterocycles. The highest BCUT2D eigenvalue weighted by Crippen LogP contribution is 2.21.